The minimum absolute atomic E-state index is 0.166. The Morgan fingerprint density at radius 1 is 0.661 bits per heavy atom. The maximum Gasteiger partial charge on any atom is 0.162 e. The molecule has 6 aromatic rings. The maximum atomic E-state index is 6.58. The number of rotatable bonds is 16. The van der Waals surface area contributed by atoms with Crippen molar-refractivity contribution in [2.24, 2.45) is 0 Å². The van der Waals surface area contributed by atoms with Gasteiger partial charge in [-0.1, -0.05) is 53.9 Å². The zero-order chi connectivity index (χ0) is 43.0. The average Bonchev–Trinajstić information content (AvgIpc) is 3.29. The van der Waals surface area contributed by atoms with Gasteiger partial charge in [-0.2, -0.15) is 0 Å². The van der Waals surface area contributed by atoms with E-state index in [4.69, 9.17) is 58.5 Å². The third-order valence-electron chi connectivity index (χ3n) is 11.8. The zero-order valence-corrected chi connectivity index (χ0v) is 36.8. The van der Waals surface area contributed by atoms with E-state index < -0.39 is 0 Å². The van der Waals surface area contributed by atoms with Crippen molar-refractivity contribution >= 4 is 56.4 Å². The van der Waals surface area contributed by atoms with Crippen LogP contribution in [0.15, 0.2) is 110 Å². The van der Waals surface area contributed by atoms with Crippen molar-refractivity contribution in [3.8, 4) is 35.3 Å². The molecule has 0 spiro atoms. The fourth-order valence-corrected chi connectivity index (χ4v) is 9.22. The Bertz CT molecular complexity index is 2550. The van der Waals surface area contributed by atoms with Crippen molar-refractivity contribution in [1.82, 2.24) is 19.8 Å². The fourth-order valence-electron chi connectivity index (χ4n) is 8.88. The third-order valence-corrected chi connectivity index (χ3v) is 12.3. The van der Waals surface area contributed by atoms with Crippen LogP contribution in [0, 0.1) is 12.3 Å². The quantitative estimate of drug-likeness (QED) is 0.0533. The number of nitrogens with zero attached hydrogens (tertiary/aromatic N) is 6. The van der Waals surface area contributed by atoms with Gasteiger partial charge in [0.05, 0.1) is 48.7 Å². The molecule has 320 valence electrons. The van der Waals surface area contributed by atoms with Gasteiger partial charge in [0.25, 0.3) is 0 Å². The van der Waals surface area contributed by atoms with Gasteiger partial charge in [-0.25, -0.2) is 0 Å². The van der Waals surface area contributed by atoms with Gasteiger partial charge in [-0.15, -0.1) is 6.42 Å². The highest BCUT2D eigenvalue weighted by molar-refractivity contribution is 6.31. The molecule has 2 aliphatic rings. The highest BCUT2D eigenvalue weighted by Crippen LogP contribution is 2.40. The highest BCUT2D eigenvalue weighted by Gasteiger charge is 2.36. The first kappa shape index (κ1) is 43.0. The number of fused-ring (bicyclic) bond motifs is 2. The summed E-state index contributed by atoms with van der Waals surface area (Å²) in [5.41, 5.74) is 6.24. The van der Waals surface area contributed by atoms with Crippen LogP contribution in [-0.4, -0.2) is 85.5 Å². The van der Waals surface area contributed by atoms with Crippen molar-refractivity contribution in [2.45, 2.75) is 50.9 Å². The number of pyridine rings is 2. The van der Waals surface area contributed by atoms with E-state index in [-0.39, 0.29) is 18.7 Å². The highest BCUT2D eigenvalue weighted by atomic mass is 35.5. The first-order valence-electron chi connectivity index (χ1n) is 21.1. The summed E-state index contributed by atoms with van der Waals surface area (Å²) in [6.07, 6.45) is 14.8. The summed E-state index contributed by atoms with van der Waals surface area (Å²) in [4.78, 5) is 14.6. The molecule has 0 bridgehead atoms. The molecule has 8 rings (SSSR count). The summed E-state index contributed by atoms with van der Waals surface area (Å²) in [6, 6.07) is 29.0. The number of ether oxygens (including phenoxy) is 4. The smallest absolute Gasteiger partial charge is 0.162 e. The molecule has 0 N–H and O–H groups in total. The Balaban J connectivity index is 1.13. The van der Waals surface area contributed by atoms with E-state index in [9.17, 15) is 0 Å². The van der Waals surface area contributed by atoms with E-state index in [1.807, 2.05) is 54.9 Å². The Labute approximate surface area is 374 Å². The summed E-state index contributed by atoms with van der Waals surface area (Å²) in [7, 11) is 3.31. The van der Waals surface area contributed by atoms with E-state index in [1.165, 1.54) is 5.56 Å². The standard InChI is InChI=1S/C50H52Cl2N6O4/c1-5-27-61-49-29-35(7-13-47(49)59-3)33-55-23-17-39(18-24-55)57(45-15-21-53-43-31-37(51)9-11-41(43)45)58(46-16-22-54-44-32-38(52)10-12-42(44)46)40-19-25-56(26-20-40)34-36-8-14-48(60-4)50(30-36)62-28-6-2/h1,6-16,21-22,29-32,39-40H,2,17-20,23-28,33-34H2,3-4H3. The number of anilines is 2. The summed E-state index contributed by atoms with van der Waals surface area (Å²) >= 11 is 13.2. The summed E-state index contributed by atoms with van der Waals surface area (Å²) in [5, 5.41) is 8.60. The van der Waals surface area contributed by atoms with Crippen LogP contribution in [0.2, 0.25) is 10.0 Å². The number of terminal acetylenes is 1. The number of methoxy groups -OCH3 is 2. The topological polar surface area (TPSA) is 75.7 Å². The van der Waals surface area contributed by atoms with Crippen LogP contribution in [0.5, 0.6) is 23.0 Å². The fraction of sp³-hybridized carbons (Fsp3) is 0.320. The van der Waals surface area contributed by atoms with E-state index in [2.05, 4.69) is 74.8 Å². The second-order valence-electron chi connectivity index (χ2n) is 15.7. The molecule has 2 aliphatic heterocycles. The second kappa shape index (κ2) is 20.0. The lowest BCUT2D eigenvalue weighted by Crippen LogP contribution is -2.59. The molecule has 2 fully saturated rings. The Morgan fingerprint density at radius 2 is 1.13 bits per heavy atom. The molecule has 0 radical (unpaired) electrons. The van der Waals surface area contributed by atoms with E-state index >= 15 is 0 Å². The minimum atomic E-state index is 0.166. The van der Waals surface area contributed by atoms with Crippen LogP contribution >= 0.6 is 23.2 Å². The van der Waals surface area contributed by atoms with Gasteiger partial charge >= 0.3 is 0 Å². The molecule has 0 aliphatic carbocycles. The van der Waals surface area contributed by atoms with Crippen LogP contribution < -0.4 is 29.0 Å². The predicted molar refractivity (Wildman–Crippen MR) is 251 cm³/mol. The van der Waals surface area contributed by atoms with Crippen molar-refractivity contribution in [1.29, 1.82) is 0 Å². The Hall–Kier alpha value is -5.70. The van der Waals surface area contributed by atoms with Crippen LogP contribution in [0.25, 0.3) is 21.8 Å². The first-order chi connectivity index (χ1) is 30.3. The van der Waals surface area contributed by atoms with Crippen LogP contribution in [-0.2, 0) is 13.1 Å². The van der Waals surface area contributed by atoms with Crippen molar-refractivity contribution in [3.05, 3.63) is 131 Å². The average molecular weight is 872 g/mol. The molecule has 62 heavy (non-hydrogen) atoms. The third kappa shape index (κ3) is 9.67. The van der Waals surface area contributed by atoms with Crippen molar-refractivity contribution in [3.63, 3.8) is 0 Å². The van der Waals surface area contributed by atoms with E-state index in [1.54, 1.807) is 20.3 Å². The number of likely N-dealkylation sites (tertiary alicyclic amines) is 2. The number of halogens is 2. The zero-order valence-electron chi connectivity index (χ0n) is 35.3. The van der Waals surface area contributed by atoms with Gasteiger partial charge < -0.3 is 18.9 Å². The number of hydrazine groups is 1. The first-order valence-corrected chi connectivity index (χ1v) is 21.9. The lowest BCUT2D eigenvalue weighted by atomic mass is 9.99. The number of benzene rings is 4. The van der Waals surface area contributed by atoms with Gasteiger partial charge in [0.15, 0.2) is 23.0 Å². The monoisotopic (exact) mass is 870 g/mol. The molecule has 0 amide bonds. The van der Waals surface area contributed by atoms with Gasteiger partial charge in [0.1, 0.15) is 13.2 Å². The lowest BCUT2D eigenvalue weighted by Gasteiger charge is -2.51. The van der Waals surface area contributed by atoms with Gasteiger partial charge in [-0.05, 0) is 110 Å². The molecular formula is C50H52Cl2N6O4. The van der Waals surface area contributed by atoms with Crippen LogP contribution in [0.4, 0.5) is 11.4 Å². The van der Waals surface area contributed by atoms with Crippen molar-refractivity contribution in [2.75, 3.05) is 63.6 Å². The predicted octanol–water partition coefficient (Wildman–Crippen LogP) is 10.2. The molecule has 2 saturated heterocycles. The van der Waals surface area contributed by atoms with Gasteiger partial charge in [0.2, 0.25) is 0 Å². The minimum Gasteiger partial charge on any atom is -0.493 e. The normalized spacial score (nSPS) is 15.3. The van der Waals surface area contributed by atoms with Gasteiger partial charge in [0, 0.05) is 72.5 Å². The van der Waals surface area contributed by atoms with Crippen LogP contribution in [0.3, 0.4) is 0 Å². The lowest BCUT2D eigenvalue weighted by molar-refractivity contribution is 0.184. The van der Waals surface area contributed by atoms with E-state index in [0.717, 1.165) is 109 Å². The number of hydrogen-bond acceptors (Lipinski definition) is 10. The molecule has 0 saturated carbocycles. The molecular weight excluding hydrogens is 819 g/mol. The summed E-state index contributed by atoms with van der Waals surface area (Å²) in [6.45, 7) is 9.64. The molecule has 12 heteroatoms. The number of piperidine rings is 2. The number of hydrogen-bond donors (Lipinski definition) is 0. The van der Waals surface area contributed by atoms with Gasteiger partial charge in [-0.3, -0.25) is 29.8 Å². The summed E-state index contributed by atoms with van der Waals surface area (Å²) < 4.78 is 22.9. The SMILES string of the molecule is C#CCOc1cc(CN2CCC(N(c3ccnc4cc(Cl)ccc34)N(c3ccnc4cc(Cl)ccc34)C3CCN(Cc4ccc(OC)c(OCC=C)c4)CC3)CC2)ccc1OC. The molecule has 4 aromatic carbocycles. The molecule has 10 nitrogen and oxygen atoms in total. The van der Waals surface area contributed by atoms with Crippen molar-refractivity contribution < 1.29 is 18.9 Å². The number of aromatic nitrogens is 2. The van der Waals surface area contributed by atoms with E-state index in [0.29, 0.717) is 33.9 Å². The molecule has 0 unspecified atom stereocenters. The molecule has 0 atom stereocenters. The Morgan fingerprint density at radius 3 is 1.56 bits per heavy atom. The largest absolute Gasteiger partial charge is 0.493 e. The summed E-state index contributed by atoms with van der Waals surface area (Å²) in [5.74, 6) is 5.34. The maximum absolute atomic E-state index is 6.58. The Kier molecular flexibility index (Phi) is 13.9. The second-order valence-corrected chi connectivity index (χ2v) is 16.6. The molecule has 4 heterocycles. The molecule has 2 aromatic heterocycles. The van der Waals surface area contributed by atoms with Crippen LogP contribution in [0.1, 0.15) is 36.8 Å².